The molecule has 1 aliphatic rings. The Hall–Kier alpha value is -3.16. The second-order valence-corrected chi connectivity index (χ2v) is 8.01. The Morgan fingerprint density at radius 2 is 1.72 bits per heavy atom. The third-order valence-corrected chi connectivity index (χ3v) is 4.47. The molecule has 1 aliphatic heterocycles. The number of amides is 2. The molecule has 29 heavy (non-hydrogen) atoms. The summed E-state index contributed by atoms with van der Waals surface area (Å²) in [6.45, 7) is 6.56. The van der Waals surface area contributed by atoms with E-state index in [1.54, 1.807) is 23.4 Å². The number of aromatic nitrogens is 2. The van der Waals surface area contributed by atoms with E-state index >= 15 is 0 Å². The number of carbonyl (C=O) groups is 2. The molecular weight excluding hydrogens is 370 g/mol. The molecule has 2 heterocycles. The van der Waals surface area contributed by atoms with Gasteiger partial charge < -0.3 is 20.3 Å². The molecule has 1 fully saturated rings. The molecule has 154 valence electrons. The highest BCUT2D eigenvalue weighted by Gasteiger charge is 2.29. The Morgan fingerprint density at radius 1 is 1.07 bits per heavy atom. The number of nitrogens with zero attached hydrogens (tertiary/aromatic N) is 3. The lowest BCUT2D eigenvalue weighted by atomic mass is 9.96. The van der Waals surface area contributed by atoms with Gasteiger partial charge >= 0.3 is 6.09 Å². The van der Waals surface area contributed by atoms with E-state index in [1.165, 1.54) is 0 Å². The van der Waals surface area contributed by atoms with E-state index in [4.69, 9.17) is 4.74 Å². The zero-order valence-electron chi connectivity index (χ0n) is 17.0. The normalized spacial score (nSPS) is 14.9. The maximum atomic E-state index is 12.7. The van der Waals surface area contributed by atoms with Crippen LogP contribution in [0, 0.1) is 5.92 Å². The van der Waals surface area contributed by atoms with Crippen molar-refractivity contribution in [2.45, 2.75) is 39.2 Å². The molecule has 0 radical (unpaired) electrons. The number of anilines is 3. The van der Waals surface area contributed by atoms with Crippen LogP contribution in [0.3, 0.4) is 0 Å². The number of rotatable bonds is 4. The first-order valence-corrected chi connectivity index (χ1v) is 9.73. The van der Waals surface area contributed by atoms with Gasteiger partial charge in [0.2, 0.25) is 11.9 Å². The van der Waals surface area contributed by atoms with E-state index in [1.807, 2.05) is 45.0 Å². The molecule has 2 aromatic rings. The van der Waals surface area contributed by atoms with E-state index in [-0.39, 0.29) is 17.9 Å². The smallest absolute Gasteiger partial charge is 0.410 e. The molecule has 0 saturated carbocycles. The van der Waals surface area contributed by atoms with Gasteiger partial charge in [-0.25, -0.2) is 14.8 Å². The monoisotopic (exact) mass is 397 g/mol. The fourth-order valence-corrected chi connectivity index (χ4v) is 3.06. The van der Waals surface area contributed by atoms with Crippen LogP contribution >= 0.6 is 0 Å². The highest BCUT2D eigenvalue weighted by molar-refractivity contribution is 5.93. The van der Waals surface area contributed by atoms with Crippen molar-refractivity contribution >= 4 is 29.3 Å². The molecule has 0 bridgehead atoms. The van der Waals surface area contributed by atoms with Gasteiger partial charge in [-0.3, -0.25) is 4.79 Å². The Morgan fingerprint density at radius 3 is 2.38 bits per heavy atom. The topological polar surface area (TPSA) is 96.5 Å². The molecule has 0 spiro atoms. The van der Waals surface area contributed by atoms with Crippen LogP contribution in [-0.4, -0.2) is 45.6 Å². The third kappa shape index (κ3) is 6.17. The summed E-state index contributed by atoms with van der Waals surface area (Å²) >= 11 is 0. The van der Waals surface area contributed by atoms with Crippen LogP contribution in [0.2, 0.25) is 0 Å². The van der Waals surface area contributed by atoms with Gasteiger partial charge in [0.1, 0.15) is 5.60 Å². The fraction of sp³-hybridized carbons (Fsp3) is 0.429. The van der Waals surface area contributed by atoms with E-state index < -0.39 is 5.60 Å². The van der Waals surface area contributed by atoms with Crippen LogP contribution in [0.1, 0.15) is 33.6 Å². The second-order valence-electron chi connectivity index (χ2n) is 8.01. The molecule has 2 N–H and O–H groups in total. The fourth-order valence-electron chi connectivity index (χ4n) is 3.06. The zero-order chi connectivity index (χ0) is 20.9. The van der Waals surface area contributed by atoms with Crippen molar-refractivity contribution < 1.29 is 14.3 Å². The van der Waals surface area contributed by atoms with Gasteiger partial charge in [-0.05, 0) is 57.9 Å². The van der Waals surface area contributed by atoms with Gasteiger partial charge in [-0.2, -0.15) is 0 Å². The minimum absolute atomic E-state index is 0.0399. The number of piperidine rings is 1. The van der Waals surface area contributed by atoms with Crippen LogP contribution < -0.4 is 10.6 Å². The first-order valence-electron chi connectivity index (χ1n) is 9.73. The van der Waals surface area contributed by atoms with Crippen LogP contribution in [0.4, 0.5) is 22.1 Å². The van der Waals surface area contributed by atoms with E-state index in [0.29, 0.717) is 37.6 Å². The summed E-state index contributed by atoms with van der Waals surface area (Å²) in [6, 6.07) is 9.15. The minimum Gasteiger partial charge on any atom is -0.444 e. The van der Waals surface area contributed by atoms with Gasteiger partial charge in [0.25, 0.3) is 0 Å². The average Bonchev–Trinajstić information content (AvgIpc) is 2.68. The first-order chi connectivity index (χ1) is 13.8. The van der Waals surface area contributed by atoms with Crippen LogP contribution in [0.5, 0.6) is 0 Å². The summed E-state index contributed by atoms with van der Waals surface area (Å²) in [4.78, 5) is 34.7. The average molecular weight is 397 g/mol. The summed E-state index contributed by atoms with van der Waals surface area (Å²) in [7, 11) is 0. The van der Waals surface area contributed by atoms with Gasteiger partial charge in [0.05, 0.1) is 0 Å². The molecule has 3 rings (SSSR count). The SMILES string of the molecule is CC(C)(C)OC(=O)N1CCC(C(=O)Nc2cccc(Nc3ncccn3)c2)CC1. The second kappa shape index (κ2) is 8.89. The number of hydrogen-bond donors (Lipinski definition) is 2. The van der Waals surface area contributed by atoms with E-state index in [9.17, 15) is 9.59 Å². The summed E-state index contributed by atoms with van der Waals surface area (Å²) in [6.07, 6.45) is 4.22. The third-order valence-electron chi connectivity index (χ3n) is 4.47. The molecule has 8 nitrogen and oxygen atoms in total. The lowest BCUT2D eigenvalue weighted by molar-refractivity contribution is -0.121. The van der Waals surface area contributed by atoms with Crippen molar-refractivity contribution in [2.75, 3.05) is 23.7 Å². The molecule has 0 unspecified atom stereocenters. The van der Waals surface area contributed by atoms with Crippen molar-refractivity contribution in [3.63, 3.8) is 0 Å². The first kappa shape index (κ1) is 20.6. The minimum atomic E-state index is -0.519. The molecule has 1 saturated heterocycles. The summed E-state index contributed by atoms with van der Waals surface area (Å²) < 4.78 is 5.40. The largest absolute Gasteiger partial charge is 0.444 e. The van der Waals surface area contributed by atoms with Crippen LogP contribution in [-0.2, 0) is 9.53 Å². The molecular formula is C21H27N5O3. The number of benzene rings is 1. The van der Waals surface area contributed by atoms with E-state index in [0.717, 1.165) is 5.69 Å². The number of nitrogens with one attached hydrogen (secondary N) is 2. The zero-order valence-corrected chi connectivity index (χ0v) is 17.0. The Kier molecular flexibility index (Phi) is 6.31. The standard InChI is InChI=1S/C21H27N5O3/c1-21(2,3)29-20(28)26-12-8-15(9-13-26)18(27)24-16-6-4-7-17(14-16)25-19-22-10-5-11-23-19/h4-7,10-11,14-15H,8-9,12-13H2,1-3H3,(H,24,27)(H,22,23,25). The van der Waals surface area contributed by atoms with Crippen molar-refractivity contribution in [3.05, 3.63) is 42.7 Å². The molecule has 0 aliphatic carbocycles. The van der Waals surface area contributed by atoms with Crippen molar-refractivity contribution in [2.24, 2.45) is 5.92 Å². The van der Waals surface area contributed by atoms with Crippen molar-refractivity contribution in [1.82, 2.24) is 14.9 Å². The molecule has 8 heteroatoms. The van der Waals surface area contributed by atoms with Crippen LogP contribution in [0.25, 0.3) is 0 Å². The maximum absolute atomic E-state index is 12.7. The summed E-state index contributed by atoms with van der Waals surface area (Å²) in [5.41, 5.74) is 0.967. The molecule has 0 atom stereocenters. The molecule has 1 aromatic carbocycles. The highest BCUT2D eigenvalue weighted by Crippen LogP contribution is 2.23. The Bertz CT molecular complexity index is 843. The molecule has 2 amide bonds. The van der Waals surface area contributed by atoms with Gasteiger partial charge in [-0.1, -0.05) is 6.07 Å². The predicted molar refractivity (Wildman–Crippen MR) is 111 cm³/mol. The lowest BCUT2D eigenvalue weighted by Gasteiger charge is -2.32. The highest BCUT2D eigenvalue weighted by atomic mass is 16.6. The number of carbonyl (C=O) groups excluding carboxylic acids is 2. The Labute approximate surface area is 170 Å². The van der Waals surface area contributed by atoms with Crippen molar-refractivity contribution in [1.29, 1.82) is 0 Å². The summed E-state index contributed by atoms with van der Waals surface area (Å²) in [5, 5.41) is 6.07. The van der Waals surface area contributed by atoms with Crippen molar-refractivity contribution in [3.8, 4) is 0 Å². The number of hydrogen-bond acceptors (Lipinski definition) is 6. The van der Waals surface area contributed by atoms with Crippen LogP contribution in [0.15, 0.2) is 42.7 Å². The van der Waals surface area contributed by atoms with Gasteiger partial charge in [-0.15, -0.1) is 0 Å². The predicted octanol–water partition coefficient (Wildman–Crippen LogP) is 3.81. The summed E-state index contributed by atoms with van der Waals surface area (Å²) in [5.74, 6) is 0.315. The van der Waals surface area contributed by atoms with Gasteiger partial charge in [0, 0.05) is 42.8 Å². The quantitative estimate of drug-likeness (QED) is 0.814. The Balaban J connectivity index is 1.52. The van der Waals surface area contributed by atoms with Gasteiger partial charge in [0.15, 0.2) is 0 Å². The lowest BCUT2D eigenvalue weighted by Crippen LogP contribution is -2.43. The maximum Gasteiger partial charge on any atom is 0.410 e. The molecule has 1 aromatic heterocycles. The number of ether oxygens (including phenoxy) is 1. The van der Waals surface area contributed by atoms with E-state index in [2.05, 4.69) is 20.6 Å². The number of likely N-dealkylation sites (tertiary alicyclic amines) is 1.